The predicted molar refractivity (Wildman–Crippen MR) is 79.3 cm³/mol. The lowest BCUT2D eigenvalue weighted by Crippen LogP contribution is -2.30. The minimum atomic E-state index is 0.907. The zero-order chi connectivity index (χ0) is 12.8. The van der Waals surface area contributed by atoms with Crippen molar-refractivity contribution in [2.75, 3.05) is 31.6 Å². The van der Waals surface area contributed by atoms with Crippen LogP contribution in [-0.4, -0.2) is 26.7 Å². The molecule has 0 spiro atoms. The van der Waals surface area contributed by atoms with Gasteiger partial charge in [-0.25, -0.2) is 0 Å². The quantitative estimate of drug-likeness (QED) is 0.858. The average molecular weight is 246 g/mol. The Morgan fingerprint density at radius 1 is 1.33 bits per heavy atom. The van der Waals surface area contributed by atoms with Crippen LogP contribution in [0.25, 0.3) is 0 Å². The third kappa shape index (κ3) is 3.74. The topological polar surface area (TPSA) is 15.3 Å². The molecule has 1 heterocycles. The minimum absolute atomic E-state index is 0.907. The SMILES string of the molecule is Cc1ccccc1N(C)CCCC1CCCNC1. The van der Waals surface area contributed by atoms with Gasteiger partial charge in [-0.1, -0.05) is 18.2 Å². The van der Waals surface area contributed by atoms with Crippen LogP contribution in [0.2, 0.25) is 0 Å². The highest BCUT2D eigenvalue weighted by Crippen LogP contribution is 2.20. The smallest absolute Gasteiger partial charge is 0.0393 e. The Morgan fingerprint density at radius 3 is 2.89 bits per heavy atom. The summed E-state index contributed by atoms with van der Waals surface area (Å²) in [6, 6.07) is 8.65. The first-order chi connectivity index (χ1) is 8.77. The summed E-state index contributed by atoms with van der Waals surface area (Å²) in [5.74, 6) is 0.907. The number of hydrogen-bond acceptors (Lipinski definition) is 2. The second-order valence-electron chi connectivity index (χ2n) is 5.56. The molecular formula is C16H26N2. The second-order valence-corrected chi connectivity index (χ2v) is 5.56. The highest BCUT2D eigenvalue weighted by molar-refractivity contribution is 5.52. The van der Waals surface area contributed by atoms with E-state index in [-0.39, 0.29) is 0 Å². The van der Waals surface area contributed by atoms with Crippen LogP contribution in [0.3, 0.4) is 0 Å². The Bertz CT molecular complexity index is 356. The Hall–Kier alpha value is -1.02. The monoisotopic (exact) mass is 246 g/mol. The number of para-hydroxylation sites is 1. The largest absolute Gasteiger partial charge is 0.374 e. The molecule has 0 aromatic heterocycles. The maximum Gasteiger partial charge on any atom is 0.0393 e. The molecule has 0 saturated carbocycles. The van der Waals surface area contributed by atoms with Gasteiger partial charge in [0.15, 0.2) is 0 Å². The van der Waals surface area contributed by atoms with E-state index in [0.717, 1.165) is 5.92 Å². The molecule has 1 aliphatic rings. The summed E-state index contributed by atoms with van der Waals surface area (Å²) in [4.78, 5) is 2.39. The molecular weight excluding hydrogens is 220 g/mol. The highest BCUT2D eigenvalue weighted by Gasteiger charge is 2.12. The van der Waals surface area contributed by atoms with Crippen molar-refractivity contribution in [2.24, 2.45) is 5.92 Å². The Kier molecular flexibility index (Phi) is 5.06. The van der Waals surface area contributed by atoms with Gasteiger partial charge in [-0.2, -0.15) is 0 Å². The molecule has 0 aliphatic carbocycles. The van der Waals surface area contributed by atoms with Gasteiger partial charge in [0.1, 0.15) is 0 Å². The molecule has 1 aliphatic heterocycles. The molecule has 0 bridgehead atoms. The fraction of sp³-hybridized carbons (Fsp3) is 0.625. The van der Waals surface area contributed by atoms with Gasteiger partial charge in [0.2, 0.25) is 0 Å². The molecule has 1 atom stereocenters. The molecule has 2 rings (SSSR count). The van der Waals surface area contributed by atoms with Gasteiger partial charge in [-0.3, -0.25) is 0 Å². The molecule has 1 N–H and O–H groups in total. The summed E-state index contributed by atoms with van der Waals surface area (Å²) in [6.07, 6.45) is 5.44. The molecule has 1 aromatic carbocycles. The normalized spacial score (nSPS) is 19.8. The number of hydrogen-bond donors (Lipinski definition) is 1. The van der Waals surface area contributed by atoms with Crippen LogP contribution in [0.5, 0.6) is 0 Å². The predicted octanol–water partition coefficient (Wildman–Crippen LogP) is 3.21. The summed E-state index contributed by atoms with van der Waals surface area (Å²) in [6.45, 7) is 5.81. The fourth-order valence-electron chi connectivity index (χ4n) is 2.90. The third-order valence-electron chi connectivity index (χ3n) is 4.03. The van der Waals surface area contributed by atoms with Gasteiger partial charge in [0.05, 0.1) is 0 Å². The molecule has 1 saturated heterocycles. The van der Waals surface area contributed by atoms with Crippen molar-refractivity contribution >= 4 is 5.69 Å². The zero-order valence-corrected chi connectivity index (χ0v) is 11.8. The molecule has 1 fully saturated rings. The maximum atomic E-state index is 3.50. The first kappa shape index (κ1) is 13.4. The van der Waals surface area contributed by atoms with Crippen molar-refractivity contribution < 1.29 is 0 Å². The second kappa shape index (κ2) is 6.79. The summed E-state index contributed by atoms with van der Waals surface area (Å²) < 4.78 is 0. The number of nitrogens with zero attached hydrogens (tertiary/aromatic N) is 1. The van der Waals surface area contributed by atoms with Gasteiger partial charge < -0.3 is 10.2 Å². The molecule has 0 amide bonds. The van der Waals surface area contributed by atoms with Crippen molar-refractivity contribution in [1.29, 1.82) is 0 Å². The Labute approximate surface area is 111 Å². The van der Waals surface area contributed by atoms with Crippen molar-refractivity contribution in [1.82, 2.24) is 5.32 Å². The lowest BCUT2D eigenvalue weighted by Gasteiger charge is -2.25. The lowest BCUT2D eigenvalue weighted by atomic mass is 9.94. The third-order valence-corrected chi connectivity index (χ3v) is 4.03. The standard InChI is InChI=1S/C16H26N2/c1-14-7-3-4-10-16(14)18(2)12-6-9-15-8-5-11-17-13-15/h3-4,7,10,15,17H,5-6,8-9,11-13H2,1-2H3. The van der Waals surface area contributed by atoms with Gasteiger partial charge >= 0.3 is 0 Å². The van der Waals surface area contributed by atoms with E-state index in [1.165, 1.54) is 56.6 Å². The van der Waals surface area contributed by atoms with Crippen molar-refractivity contribution in [3.05, 3.63) is 29.8 Å². The summed E-state index contributed by atoms with van der Waals surface area (Å²) in [5, 5.41) is 3.50. The first-order valence-corrected chi connectivity index (χ1v) is 7.25. The van der Waals surface area contributed by atoms with Crippen LogP contribution in [0, 0.1) is 12.8 Å². The number of aryl methyl sites for hydroxylation is 1. The van der Waals surface area contributed by atoms with E-state index in [1.54, 1.807) is 0 Å². The van der Waals surface area contributed by atoms with Crippen LogP contribution >= 0.6 is 0 Å². The number of benzene rings is 1. The van der Waals surface area contributed by atoms with Crippen LogP contribution in [0.15, 0.2) is 24.3 Å². The summed E-state index contributed by atoms with van der Waals surface area (Å²) >= 11 is 0. The van der Waals surface area contributed by atoms with E-state index in [2.05, 4.69) is 48.5 Å². The number of rotatable bonds is 5. The zero-order valence-electron chi connectivity index (χ0n) is 11.8. The van der Waals surface area contributed by atoms with Gasteiger partial charge in [-0.15, -0.1) is 0 Å². The Morgan fingerprint density at radius 2 is 2.17 bits per heavy atom. The average Bonchev–Trinajstić information content (AvgIpc) is 2.40. The van der Waals surface area contributed by atoms with E-state index < -0.39 is 0 Å². The summed E-state index contributed by atoms with van der Waals surface area (Å²) in [5.41, 5.74) is 2.75. The molecule has 2 heteroatoms. The molecule has 1 aromatic rings. The molecule has 100 valence electrons. The molecule has 2 nitrogen and oxygen atoms in total. The van der Waals surface area contributed by atoms with Gasteiger partial charge in [0, 0.05) is 19.3 Å². The number of piperidine rings is 1. The fourth-order valence-corrected chi connectivity index (χ4v) is 2.90. The van der Waals surface area contributed by atoms with E-state index >= 15 is 0 Å². The number of nitrogens with one attached hydrogen (secondary N) is 1. The van der Waals surface area contributed by atoms with E-state index in [4.69, 9.17) is 0 Å². The van der Waals surface area contributed by atoms with E-state index in [1.807, 2.05) is 0 Å². The molecule has 18 heavy (non-hydrogen) atoms. The lowest BCUT2D eigenvalue weighted by molar-refractivity contribution is 0.352. The Balaban J connectivity index is 1.74. The van der Waals surface area contributed by atoms with Gasteiger partial charge in [-0.05, 0) is 63.2 Å². The highest BCUT2D eigenvalue weighted by atomic mass is 15.1. The van der Waals surface area contributed by atoms with Crippen LogP contribution in [0.4, 0.5) is 5.69 Å². The maximum absolute atomic E-state index is 3.50. The van der Waals surface area contributed by atoms with Crippen molar-refractivity contribution in [3.8, 4) is 0 Å². The van der Waals surface area contributed by atoms with Crippen molar-refractivity contribution in [2.45, 2.75) is 32.6 Å². The molecule has 0 radical (unpaired) electrons. The minimum Gasteiger partial charge on any atom is -0.374 e. The number of anilines is 1. The van der Waals surface area contributed by atoms with E-state index in [9.17, 15) is 0 Å². The summed E-state index contributed by atoms with van der Waals surface area (Å²) in [7, 11) is 2.21. The van der Waals surface area contributed by atoms with Crippen molar-refractivity contribution in [3.63, 3.8) is 0 Å². The van der Waals surface area contributed by atoms with Crippen LogP contribution in [0.1, 0.15) is 31.2 Å². The molecule has 1 unspecified atom stereocenters. The first-order valence-electron chi connectivity index (χ1n) is 7.25. The van der Waals surface area contributed by atoms with E-state index in [0.29, 0.717) is 0 Å². The van der Waals surface area contributed by atoms with Crippen LogP contribution in [-0.2, 0) is 0 Å². The van der Waals surface area contributed by atoms with Crippen LogP contribution < -0.4 is 10.2 Å². The van der Waals surface area contributed by atoms with Gasteiger partial charge in [0.25, 0.3) is 0 Å².